The molecule has 0 atom stereocenters. The first kappa shape index (κ1) is 56.9. The number of pyridine rings is 3. The third-order valence-corrected chi connectivity index (χ3v) is 9.99. The molecule has 0 fully saturated rings. The molecule has 6 N–H and O–H groups in total. The number of hydrogen-bond acceptors (Lipinski definition) is 12. The smallest absolute Gasteiger partial charge is 0.354 e. The van der Waals surface area contributed by atoms with Crippen LogP contribution in [0.25, 0.3) is 33.4 Å². The number of carbonyl (C=O) groups excluding carboxylic acids is 3. The van der Waals surface area contributed by atoms with Crippen molar-refractivity contribution in [3.8, 4) is 33.4 Å². The minimum atomic E-state index is -1.16. The van der Waals surface area contributed by atoms with Crippen LogP contribution in [0.1, 0.15) is 83.7 Å². The van der Waals surface area contributed by atoms with Gasteiger partial charge in [0.1, 0.15) is 34.2 Å². The molecule has 0 aliphatic heterocycles. The number of anilines is 3. The summed E-state index contributed by atoms with van der Waals surface area (Å²) in [6, 6.07) is 32.1. The Balaban J connectivity index is 0.000000276. The first-order chi connectivity index (χ1) is 32.8. The molecule has 3 heterocycles. The van der Waals surface area contributed by atoms with Crippen molar-refractivity contribution in [2.45, 2.75) is 20.8 Å². The average molecular weight is 1100 g/mol. The standard InChI is InChI=1S/3C17H19N3O3.Dy/c3*1-4-18-16(21)14-9-12(10-15(19-14)17(22)23)11-5-7-13(8-6-11)20(2)3;/h3*5-10H,4H2,1-3H3,(H,18,21)(H,22,23);. The predicted octanol–water partition coefficient (Wildman–Crippen LogP) is 6.79. The molecule has 0 unspecified atom stereocenters. The van der Waals surface area contributed by atoms with Crippen LogP contribution >= 0.6 is 0 Å². The van der Waals surface area contributed by atoms with Crippen LogP contribution in [-0.2, 0) is 0 Å². The van der Waals surface area contributed by atoms with E-state index in [1.54, 1.807) is 39.0 Å². The van der Waals surface area contributed by atoms with Gasteiger partial charge in [-0.3, -0.25) is 14.4 Å². The largest absolute Gasteiger partial charge is 0.477 e. The van der Waals surface area contributed by atoms with Crippen molar-refractivity contribution in [2.24, 2.45) is 0 Å². The van der Waals surface area contributed by atoms with Crippen LogP contribution in [0, 0.1) is 38.2 Å². The second-order valence-corrected chi connectivity index (χ2v) is 15.7. The minimum absolute atomic E-state index is 0. The summed E-state index contributed by atoms with van der Waals surface area (Å²) in [5, 5.41) is 35.5. The number of nitrogens with zero attached hydrogens (tertiary/aromatic N) is 6. The number of rotatable bonds is 15. The molecular formula is C51H57DyN9O9. The summed E-state index contributed by atoms with van der Waals surface area (Å²) >= 11 is 0. The van der Waals surface area contributed by atoms with E-state index in [2.05, 4.69) is 30.9 Å². The second-order valence-electron chi connectivity index (χ2n) is 15.7. The zero-order chi connectivity index (χ0) is 50.9. The Hall–Kier alpha value is -7.40. The van der Waals surface area contributed by atoms with Crippen LogP contribution in [0.3, 0.4) is 0 Å². The van der Waals surface area contributed by atoms with E-state index in [-0.39, 0.29) is 90.1 Å². The van der Waals surface area contributed by atoms with E-state index in [1.807, 2.05) is 130 Å². The van der Waals surface area contributed by atoms with Gasteiger partial charge in [0.15, 0.2) is 0 Å². The van der Waals surface area contributed by atoms with E-state index in [4.69, 9.17) is 0 Å². The summed E-state index contributed by atoms with van der Waals surface area (Å²) in [6.45, 7) is 6.72. The van der Waals surface area contributed by atoms with Crippen LogP contribution in [0.4, 0.5) is 17.1 Å². The molecule has 0 aliphatic carbocycles. The Bertz CT molecular complexity index is 2480. The van der Waals surface area contributed by atoms with Crippen molar-refractivity contribution >= 4 is 52.7 Å². The van der Waals surface area contributed by atoms with E-state index in [1.165, 1.54) is 18.2 Å². The third kappa shape index (κ3) is 16.1. The van der Waals surface area contributed by atoms with Crippen LogP contribution in [-0.4, -0.2) is 128 Å². The van der Waals surface area contributed by atoms with Gasteiger partial charge in [0, 0.05) is 117 Å². The van der Waals surface area contributed by atoms with Crippen LogP contribution in [0.2, 0.25) is 0 Å². The van der Waals surface area contributed by atoms with E-state index < -0.39 is 17.9 Å². The number of carboxylic acid groups (broad SMARTS) is 3. The quantitative estimate of drug-likeness (QED) is 0.0620. The second kappa shape index (κ2) is 27.0. The molecule has 6 rings (SSSR count). The van der Waals surface area contributed by atoms with Gasteiger partial charge in [0.2, 0.25) is 0 Å². The van der Waals surface area contributed by atoms with Crippen molar-refractivity contribution < 1.29 is 82.3 Å². The van der Waals surface area contributed by atoms with E-state index in [0.717, 1.165) is 33.8 Å². The summed E-state index contributed by atoms with van der Waals surface area (Å²) in [6.07, 6.45) is 0. The summed E-state index contributed by atoms with van der Waals surface area (Å²) in [4.78, 5) is 87.3. The van der Waals surface area contributed by atoms with Gasteiger partial charge in [-0.15, -0.1) is 0 Å². The molecule has 0 bridgehead atoms. The molecule has 19 heteroatoms. The van der Waals surface area contributed by atoms with Gasteiger partial charge in [0.05, 0.1) is 0 Å². The summed E-state index contributed by atoms with van der Waals surface area (Å²) in [7, 11) is 11.6. The number of carbonyl (C=O) groups is 6. The number of hydrogen-bond donors (Lipinski definition) is 6. The zero-order valence-corrected chi connectivity index (χ0v) is 42.3. The molecule has 370 valence electrons. The fourth-order valence-corrected chi connectivity index (χ4v) is 6.38. The molecule has 0 saturated carbocycles. The SMILES string of the molecule is CCNC(=O)c1cc(-c2ccc(N(C)C)cc2)cc(C(=O)O)n1.CCNC(=O)c1cc(-c2ccc(N(C)C)cc2)cc(C(=O)O)n1.CCNC(=O)c1cc(-c2ccc(N(C)C)cc2)cc(C(=O)O)n1.[Dy]. The molecule has 18 nitrogen and oxygen atoms in total. The molecule has 0 radical (unpaired) electrons. The predicted molar refractivity (Wildman–Crippen MR) is 267 cm³/mol. The Morgan fingerprint density at radius 3 is 0.743 bits per heavy atom. The molecule has 3 aromatic heterocycles. The first-order valence-electron chi connectivity index (χ1n) is 21.7. The molecule has 70 heavy (non-hydrogen) atoms. The fraction of sp³-hybridized carbons (Fsp3) is 0.235. The number of benzene rings is 3. The molecule has 6 aromatic rings. The van der Waals surface area contributed by atoms with E-state index in [9.17, 15) is 44.1 Å². The topological polar surface area (TPSA) is 248 Å². The van der Waals surface area contributed by atoms with E-state index in [0.29, 0.717) is 36.3 Å². The third-order valence-electron chi connectivity index (χ3n) is 9.99. The number of aromatic nitrogens is 3. The molecule has 3 amide bonds. The maximum atomic E-state index is 12.0. The fourth-order valence-electron chi connectivity index (χ4n) is 6.38. The molecule has 0 spiro atoms. The van der Waals surface area contributed by atoms with Gasteiger partial charge in [-0.2, -0.15) is 0 Å². The normalized spacial score (nSPS) is 10.1. The van der Waals surface area contributed by atoms with Crippen molar-refractivity contribution in [3.63, 3.8) is 0 Å². The Morgan fingerprint density at radius 1 is 0.371 bits per heavy atom. The van der Waals surface area contributed by atoms with E-state index >= 15 is 0 Å². The minimum Gasteiger partial charge on any atom is -0.477 e. The maximum absolute atomic E-state index is 12.0. The van der Waals surface area contributed by atoms with Gasteiger partial charge in [0.25, 0.3) is 17.7 Å². The van der Waals surface area contributed by atoms with Gasteiger partial charge in [-0.05, 0) is 127 Å². The zero-order valence-electron chi connectivity index (χ0n) is 40.3. The van der Waals surface area contributed by atoms with Crippen molar-refractivity contribution in [2.75, 3.05) is 76.6 Å². The monoisotopic (exact) mass is 1100 g/mol. The van der Waals surface area contributed by atoms with Crippen LogP contribution < -0.4 is 30.7 Å². The molecule has 0 saturated heterocycles. The summed E-state index contributed by atoms with van der Waals surface area (Å²) in [5.74, 6) is -4.66. The summed E-state index contributed by atoms with van der Waals surface area (Å²) in [5.41, 5.74) is 7.33. The summed E-state index contributed by atoms with van der Waals surface area (Å²) < 4.78 is 0. The van der Waals surface area contributed by atoms with Crippen LogP contribution in [0.15, 0.2) is 109 Å². The number of aromatic carboxylic acids is 3. The Morgan fingerprint density at radius 2 is 0.571 bits per heavy atom. The van der Waals surface area contributed by atoms with Gasteiger partial charge >= 0.3 is 17.9 Å². The maximum Gasteiger partial charge on any atom is 0.354 e. The Labute approximate surface area is 437 Å². The van der Waals surface area contributed by atoms with Crippen molar-refractivity contribution in [1.29, 1.82) is 0 Å². The first-order valence-corrected chi connectivity index (χ1v) is 21.7. The van der Waals surface area contributed by atoms with Crippen molar-refractivity contribution in [1.82, 2.24) is 30.9 Å². The van der Waals surface area contributed by atoms with Gasteiger partial charge in [-0.1, -0.05) is 36.4 Å². The van der Waals surface area contributed by atoms with Gasteiger partial charge < -0.3 is 46.0 Å². The number of amides is 3. The molecular weight excluding hydrogens is 1050 g/mol. The van der Waals surface area contributed by atoms with Crippen molar-refractivity contribution in [3.05, 3.63) is 143 Å². The Kier molecular flexibility index (Phi) is 21.9. The van der Waals surface area contributed by atoms with Gasteiger partial charge in [-0.25, -0.2) is 29.3 Å². The number of carboxylic acids is 3. The molecule has 0 aliphatic rings. The van der Waals surface area contributed by atoms with Crippen LogP contribution in [0.5, 0.6) is 0 Å². The number of nitrogens with one attached hydrogen (secondary N) is 3. The molecule has 3 aromatic carbocycles. The average Bonchev–Trinajstić information content (AvgIpc) is 3.34.